The van der Waals surface area contributed by atoms with E-state index in [0.29, 0.717) is 17.8 Å². The van der Waals surface area contributed by atoms with Gasteiger partial charge in [-0.15, -0.1) is 0 Å². The third-order valence-corrected chi connectivity index (χ3v) is 6.01. The smallest absolute Gasteiger partial charge is 0.235 e. The van der Waals surface area contributed by atoms with E-state index in [-0.39, 0.29) is 17.6 Å². The van der Waals surface area contributed by atoms with Gasteiger partial charge in [0.25, 0.3) is 0 Å². The van der Waals surface area contributed by atoms with Crippen LogP contribution in [-0.4, -0.2) is 22.4 Å². The van der Waals surface area contributed by atoms with Gasteiger partial charge >= 0.3 is 0 Å². The summed E-state index contributed by atoms with van der Waals surface area (Å²) in [5, 5.41) is 2.93. The average Bonchev–Trinajstić information content (AvgIpc) is 2.67. The lowest BCUT2D eigenvalue weighted by Crippen LogP contribution is -2.39. The lowest BCUT2D eigenvalue weighted by atomic mass is 9.71. The van der Waals surface area contributed by atoms with Crippen molar-refractivity contribution in [2.24, 2.45) is 10.9 Å². The highest BCUT2D eigenvalue weighted by Gasteiger charge is 2.42. The first-order chi connectivity index (χ1) is 13.9. The molecule has 0 spiro atoms. The van der Waals surface area contributed by atoms with Gasteiger partial charge < -0.3 is 5.32 Å². The second-order valence-electron chi connectivity index (χ2n) is 7.55. The normalized spacial score (nSPS) is 21.5. The molecule has 4 rings (SSSR count). The van der Waals surface area contributed by atoms with Gasteiger partial charge in [-0.1, -0.05) is 34.1 Å². The standard InChI is InChI=1S/C23H22BrN3O2/c1-13-5-3-8-19(25-13)27-23(29)20-14(2)26-17-6-4-7-18(28)22(17)21(20)15-9-11-16(24)12-10-15/h3,5,8-12,20-21H,4,6-7H2,1-2H3,(H,25,27,29)/t20?,21-/m1/s1. The lowest BCUT2D eigenvalue weighted by Gasteiger charge is -2.35. The van der Waals surface area contributed by atoms with E-state index in [1.807, 2.05) is 50.2 Å². The molecule has 1 aliphatic heterocycles. The number of allylic oxidation sites excluding steroid dienone is 2. The molecular formula is C23H22BrN3O2. The first-order valence-electron chi connectivity index (χ1n) is 9.75. The fraction of sp³-hybridized carbons (Fsp3) is 0.304. The Balaban J connectivity index is 1.77. The lowest BCUT2D eigenvalue weighted by molar-refractivity contribution is -0.119. The van der Waals surface area contributed by atoms with Gasteiger partial charge in [-0.2, -0.15) is 0 Å². The summed E-state index contributed by atoms with van der Waals surface area (Å²) in [4.78, 5) is 35.3. The van der Waals surface area contributed by atoms with Crippen molar-refractivity contribution >= 4 is 39.1 Å². The van der Waals surface area contributed by atoms with Crippen LogP contribution < -0.4 is 5.32 Å². The summed E-state index contributed by atoms with van der Waals surface area (Å²) < 4.78 is 0.955. The van der Waals surface area contributed by atoms with Crippen LogP contribution in [-0.2, 0) is 9.59 Å². The number of nitrogens with one attached hydrogen (secondary N) is 1. The van der Waals surface area contributed by atoms with Crippen LogP contribution in [0.15, 0.2) is 63.2 Å². The van der Waals surface area contributed by atoms with Crippen molar-refractivity contribution in [1.82, 2.24) is 4.98 Å². The molecule has 1 N–H and O–H groups in total. The second kappa shape index (κ2) is 8.03. The molecule has 1 aromatic heterocycles. The molecule has 0 saturated heterocycles. The predicted octanol–water partition coefficient (Wildman–Crippen LogP) is 4.97. The van der Waals surface area contributed by atoms with Crippen LogP contribution in [0.1, 0.15) is 43.4 Å². The predicted molar refractivity (Wildman–Crippen MR) is 117 cm³/mol. The summed E-state index contributed by atoms with van der Waals surface area (Å²) in [6.07, 6.45) is 2.10. The van der Waals surface area contributed by atoms with Gasteiger partial charge in [0, 0.05) is 39.5 Å². The van der Waals surface area contributed by atoms with E-state index in [0.717, 1.165) is 40.0 Å². The molecule has 0 radical (unpaired) electrons. The number of carbonyl (C=O) groups excluding carboxylic acids is 2. The molecule has 2 atom stereocenters. The molecule has 2 aromatic rings. The summed E-state index contributed by atoms with van der Waals surface area (Å²) in [6, 6.07) is 13.4. The van der Waals surface area contributed by atoms with Crippen LogP contribution in [0.5, 0.6) is 0 Å². The molecule has 6 heteroatoms. The van der Waals surface area contributed by atoms with Gasteiger partial charge in [-0.25, -0.2) is 4.98 Å². The minimum Gasteiger partial charge on any atom is -0.310 e. The Morgan fingerprint density at radius 1 is 1.10 bits per heavy atom. The van der Waals surface area contributed by atoms with E-state index in [9.17, 15) is 9.59 Å². The molecule has 5 nitrogen and oxygen atoms in total. The number of hydrogen-bond donors (Lipinski definition) is 1. The number of anilines is 1. The fourth-order valence-electron chi connectivity index (χ4n) is 4.19. The third kappa shape index (κ3) is 3.94. The van der Waals surface area contributed by atoms with Crippen LogP contribution in [0.25, 0.3) is 0 Å². The molecule has 2 heterocycles. The Labute approximate surface area is 178 Å². The summed E-state index contributed by atoms with van der Waals surface area (Å²) in [6.45, 7) is 3.76. The van der Waals surface area contributed by atoms with Crippen LogP contribution in [0.2, 0.25) is 0 Å². The highest BCUT2D eigenvalue weighted by Crippen LogP contribution is 2.43. The molecule has 1 amide bonds. The Bertz CT molecular complexity index is 1040. The third-order valence-electron chi connectivity index (χ3n) is 5.49. The average molecular weight is 452 g/mol. The number of amides is 1. The van der Waals surface area contributed by atoms with Crippen molar-refractivity contribution in [1.29, 1.82) is 0 Å². The topological polar surface area (TPSA) is 71.4 Å². The van der Waals surface area contributed by atoms with Gasteiger partial charge in [-0.3, -0.25) is 14.6 Å². The van der Waals surface area contributed by atoms with Gasteiger partial charge in [0.05, 0.1) is 5.92 Å². The molecule has 0 fully saturated rings. The Morgan fingerprint density at radius 3 is 2.59 bits per heavy atom. The van der Waals surface area contributed by atoms with Crippen molar-refractivity contribution in [3.05, 3.63) is 69.5 Å². The molecule has 1 unspecified atom stereocenters. The number of halogens is 1. The maximum Gasteiger partial charge on any atom is 0.235 e. The SMILES string of the molecule is CC1=NC2=C(C(=O)CCC2)[C@H](c2ccc(Br)cc2)C1C(=O)Nc1cccc(C)n1. The van der Waals surface area contributed by atoms with Gasteiger partial charge in [0.2, 0.25) is 5.91 Å². The molecule has 1 aromatic carbocycles. The number of aliphatic imine (C=N–C) groups is 1. The minimum atomic E-state index is -0.556. The molecule has 2 aliphatic rings. The molecule has 1 aliphatic carbocycles. The van der Waals surface area contributed by atoms with Gasteiger partial charge in [0.15, 0.2) is 5.78 Å². The molecule has 148 valence electrons. The highest BCUT2D eigenvalue weighted by atomic mass is 79.9. The van der Waals surface area contributed by atoms with E-state index < -0.39 is 5.92 Å². The highest BCUT2D eigenvalue weighted by molar-refractivity contribution is 9.10. The zero-order valence-corrected chi connectivity index (χ0v) is 18.0. The van der Waals surface area contributed by atoms with Crippen molar-refractivity contribution in [3.63, 3.8) is 0 Å². The van der Waals surface area contributed by atoms with Crippen molar-refractivity contribution in [2.45, 2.75) is 39.0 Å². The molecule has 29 heavy (non-hydrogen) atoms. The zero-order valence-electron chi connectivity index (χ0n) is 16.4. The molecule has 0 saturated carbocycles. The largest absolute Gasteiger partial charge is 0.310 e. The van der Waals surface area contributed by atoms with Crippen LogP contribution in [0.3, 0.4) is 0 Å². The van der Waals surface area contributed by atoms with Crippen molar-refractivity contribution in [3.8, 4) is 0 Å². The van der Waals surface area contributed by atoms with Crippen molar-refractivity contribution in [2.75, 3.05) is 5.32 Å². The number of Topliss-reactive ketones (excluding diaryl/α,β-unsaturated/α-hetero) is 1. The van der Waals surface area contributed by atoms with Gasteiger partial charge in [0.1, 0.15) is 5.82 Å². The number of hydrogen-bond acceptors (Lipinski definition) is 4. The van der Waals surface area contributed by atoms with E-state index in [1.165, 1.54) is 0 Å². The number of ketones is 1. The first kappa shape index (κ1) is 19.7. The van der Waals surface area contributed by atoms with E-state index >= 15 is 0 Å². The van der Waals surface area contributed by atoms with Crippen LogP contribution in [0, 0.1) is 12.8 Å². The monoisotopic (exact) mass is 451 g/mol. The number of nitrogens with zero attached hydrogens (tertiary/aromatic N) is 2. The molecular weight excluding hydrogens is 430 g/mol. The van der Waals surface area contributed by atoms with Crippen LogP contribution in [0.4, 0.5) is 5.82 Å². The summed E-state index contributed by atoms with van der Waals surface area (Å²) in [5.41, 5.74) is 4.04. The van der Waals surface area contributed by atoms with E-state index in [1.54, 1.807) is 6.07 Å². The van der Waals surface area contributed by atoms with Crippen molar-refractivity contribution < 1.29 is 9.59 Å². The second-order valence-corrected chi connectivity index (χ2v) is 8.47. The molecule has 0 bridgehead atoms. The summed E-state index contributed by atoms with van der Waals surface area (Å²) >= 11 is 3.47. The maximum atomic E-state index is 13.3. The number of aromatic nitrogens is 1. The number of aryl methyl sites for hydroxylation is 1. The summed E-state index contributed by atoms with van der Waals surface area (Å²) in [5.74, 6) is -0.483. The number of rotatable bonds is 3. The van der Waals surface area contributed by atoms with Gasteiger partial charge in [-0.05, 0) is 56.5 Å². The Morgan fingerprint density at radius 2 is 1.86 bits per heavy atom. The Kier molecular flexibility index (Phi) is 5.46. The maximum absolute atomic E-state index is 13.3. The fourth-order valence-corrected chi connectivity index (χ4v) is 4.46. The summed E-state index contributed by atoms with van der Waals surface area (Å²) in [7, 11) is 0. The number of pyridine rings is 1. The zero-order chi connectivity index (χ0) is 20.5. The number of benzene rings is 1. The van der Waals surface area contributed by atoms with Crippen LogP contribution >= 0.6 is 15.9 Å². The van der Waals surface area contributed by atoms with E-state index in [2.05, 4.69) is 26.2 Å². The Hall–Kier alpha value is -2.60. The first-order valence-corrected chi connectivity index (χ1v) is 10.5. The minimum absolute atomic E-state index is 0.0990. The van der Waals surface area contributed by atoms with E-state index in [4.69, 9.17) is 4.99 Å². The quantitative estimate of drug-likeness (QED) is 0.715. The number of carbonyl (C=O) groups is 2.